The number of guanidine groups is 1. The maximum Gasteiger partial charge on any atom is 0.213 e. The predicted octanol–water partition coefficient (Wildman–Crippen LogP) is 1.83. The summed E-state index contributed by atoms with van der Waals surface area (Å²) in [5, 5.41) is 6.37. The molecule has 1 rings (SSSR count). The van der Waals surface area contributed by atoms with Crippen molar-refractivity contribution in [3.63, 3.8) is 0 Å². The first-order valence-electron chi connectivity index (χ1n) is 6.32. The molecule has 0 fully saturated rings. The lowest BCUT2D eigenvalue weighted by Gasteiger charge is -2.08. The first kappa shape index (κ1) is 17.9. The van der Waals surface area contributed by atoms with Crippen molar-refractivity contribution in [2.75, 3.05) is 26.7 Å². The van der Waals surface area contributed by atoms with Gasteiger partial charge in [0.2, 0.25) is 5.88 Å². The Balaban J connectivity index is 0.00000324. The predicted molar refractivity (Wildman–Crippen MR) is 89.6 cm³/mol. The molecule has 0 spiro atoms. The van der Waals surface area contributed by atoms with Gasteiger partial charge in [-0.1, -0.05) is 6.07 Å². The molecule has 0 unspecified atom stereocenters. The number of rotatable bonds is 6. The van der Waals surface area contributed by atoms with Gasteiger partial charge in [-0.2, -0.15) is 0 Å². The van der Waals surface area contributed by atoms with Crippen molar-refractivity contribution in [2.45, 2.75) is 20.3 Å². The fraction of sp³-hybridized carbons (Fsp3) is 0.538. The summed E-state index contributed by atoms with van der Waals surface area (Å²) >= 11 is 0. The van der Waals surface area contributed by atoms with Crippen molar-refractivity contribution in [2.24, 2.45) is 4.99 Å². The molecule has 0 aliphatic heterocycles. The van der Waals surface area contributed by atoms with Gasteiger partial charge in [-0.15, -0.1) is 24.0 Å². The van der Waals surface area contributed by atoms with Crippen molar-refractivity contribution >= 4 is 29.9 Å². The fourth-order valence-electron chi connectivity index (χ4n) is 1.50. The molecular weight excluding hydrogens is 355 g/mol. The summed E-state index contributed by atoms with van der Waals surface area (Å²) in [6, 6.07) is 5.77. The zero-order chi connectivity index (χ0) is 13.2. The summed E-state index contributed by atoms with van der Waals surface area (Å²) < 4.78 is 5.09. The van der Waals surface area contributed by atoms with Crippen molar-refractivity contribution in [1.29, 1.82) is 0 Å². The van der Waals surface area contributed by atoms with Gasteiger partial charge in [0.25, 0.3) is 0 Å². The molecule has 0 saturated carbocycles. The summed E-state index contributed by atoms with van der Waals surface area (Å²) in [5.41, 5.74) is 0.991. The largest absolute Gasteiger partial charge is 0.481 e. The lowest BCUT2D eigenvalue weighted by molar-refractivity contribution is 0.396. The van der Waals surface area contributed by atoms with Crippen molar-refractivity contribution in [1.82, 2.24) is 15.6 Å². The van der Waals surface area contributed by atoms with Crippen LogP contribution in [0.3, 0.4) is 0 Å². The zero-order valence-electron chi connectivity index (χ0n) is 11.8. The molecule has 0 aromatic carbocycles. The molecule has 108 valence electrons. The number of pyridine rings is 1. The molecule has 1 heterocycles. The average molecular weight is 378 g/mol. The fourth-order valence-corrected chi connectivity index (χ4v) is 1.50. The van der Waals surface area contributed by atoms with Crippen LogP contribution in [0.1, 0.15) is 19.5 Å². The standard InChI is InChI=1S/C13H22N4O.HI/c1-4-14-13(15-5-2)16-10-9-11-7-6-8-12(17-11)18-3;/h6-8H,4-5,9-10H2,1-3H3,(H2,14,15,16);1H. The number of aromatic nitrogens is 1. The molecule has 5 nitrogen and oxygen atoms in total. The Hall–Kier alpha value is -1.05. The van der Waals surface area contributed by atoms with Gasteiger partial charge >= 0.3 is 0 Å². The van der Waals surface area contributed by atoms with E-state index < -0.39 is 0 Å². The first-order chi connectivity index (χ1) is 8.80. The van der Waals surface area contributed by atoms with Gasteiger partial charge in [0.05, 0.1) is 7.11 Å². The van der Waals surface area contributed by atoms with E-state index in [0.717, 1.165) is 31.2 Å². The molecular formula is C13H23IN4O. The third-order valence-electron chi connectivity index (χ3n) is 2.32. The number of aliphatic imine (C=N–C) groups is 1. The highest BCUT2D eigenvalue weighted by atomic mass is 127. The highest BCUT2D eigenvalue weighted by molar-refractivity contribution is 14.0. The number of nitrogens with one attached hydrogen (secondary N) is 2. The Morgan fingerprint density at radius 1 is 1.26 bits per heavy atom. The average Bonchev–Trinajstić information content (AvgIpc) is 2.39. The van der Waals surface area contributed by atoms with E-state index in [4.69, 9.17) is 4.74 Å². The Morgan fingerprint density at radius 2 is 1.95 bits per heavy atom. The van der Waals surface area contributed by atoms with Crippen molar-refractivity contribution in [3.05, 3.63) is 23.9 Å². The lowest BCUT2D eigenvalue weighted by Crippen LogP contribution is -2.37. The van der Waals surface area contributed by atoms with E-state index in [9.17, 15) is 0 Å². The number of halogens is 1. The minimum Gasteiger partial charge on any atom is -0.481 e. The van der Waals surface area contributed by atoms with E-state index in [2.05, 4.69) is 34.5 Å². The first-order valence-corrected chi connectivity index (χ1v) is 6.32. The van der Waals surface area contributed by atoms with E-state index in [-0.39, 0.29) is 24.0 Å². The van der Waals surface area contributed by atoms with Crippen LogP contribution >= 0.6 is 24.0 Å². The molecule has 0 bridgehead atoms. The van der Waals surface area contributed by atoms with Crippen molar-refractivity contribution in [3.8, 4) is 5.88 Å². The minimum atomic E-state index is 0. The molecule has 6 heteroatoms. The highest BCUT2D eigenvalue weighted by Gasteiger charge is 1.98. The molecule has 2 N–H and O–H groups in total. The second kappa shape index (κ2) is 10.8. The van der Waals surface area contributed by atoms with Gasteiger partial charge < -0.3 is 15.4 Å². The molecule has 0 saturated heterocycles. The molecule has 0 amide bonds. The summed E-state index contributed by atoms with van der Waals surface area (Å²) in [4.78, 5) is 8.82. The van der Waals surface area contributed by atoms with Crippen LogP contribution in [0.5, 0.6) is 5.88 Å². The van der Waals surface area contributed by atoms with Crippen LogP contribution in [0, 0.1) is 0 Å². The number of hydrogen-bond acceptors (Lipinski definition) is 3. The van der Waals surface area contributed by atoms with Crippen LogP contribution in [-0.2, 0) is 6.42 Å². The molecule has 1 aromatic rings. The summed E-state index contributed by atoms with van der Waals surface area (Å²) in [5.74, 6) is 1.50. The molecule has 0 aliphatic rings. The van der Waals surface area contributed by atoms with Gasteiger partial charge in [-0.05, 0) is 19.9 Å². The van der Waals surface area contributed by atoms with Crippen LogP contribution in [-0.4, -0.2) is 37.7 Å². The molecule has 0 radical (unpaired) electrons. The van der Waals surface area contributed by atoms with E-state index in [1.807, 2.05) is 18.2 Å². The smallest absolute Gasteiger partial charge is 0.213 e. The Kier molecular flexibility index (Phi) is 10.2. The lowest BCUT2D eigenvalue weighted by atomic mass is 10.3. The number of methoxy groups -OCH3 is 1. The highest BCUT2D eigenvalue weighted by Crippen LogP contribution is 2.06. The van der Waals surface area contributed by atoms with E-state index in [1.54, 1.807) is 7.11 Å². The molecule has 0 atom stereocenters. The quantitative estimate of drug-likeness (QED) is 0.451. The molecule has 19 heavy (non-hydrogen) atoms. The van der Waals surface area contributed by atoms with E-state index in [1.165, 1.54) is 0 Å². The minimum absolute atomic E-state index is 0. The maximum atomic E-state index is 5.09. The zero-order valence-corrected chi connectivity index (χ0v) is 14.1. The second-order valence-electron chi connectivity index (χ2n) is 3.71. The summed E-state index contributed by atoms with van der Waals surface area (Å²) in [7, 11) is 1.62. The van der Waals surface area contributed by atoms with Gasteiger partial charge in [-0.25, -0.2) is 4.98 Å². The maximum absolute atomic E-state index is 5.09. The third-order valence-corrected chi connectivity index (χ3v) is 2.32. The van der Waals surface area contributed by atoms with E-state index in [0.29, 0.717) is 12.4 Å². The van der Waals surface area contributed by atoms with Crippen LogP contribution in [0.2, 0.25) is 0 Å². The van der Waals surface area contributed by atoms with Crippen LogP contribution in [0.25, 0.3) is 0 Å². The van der Waals surface area contributed by atoms with Crippen LogP contribution in [0.15, 0.2) is 23.2 Å². The number of hydrogen-bond donors (Lipinski definition) is 2. The Labute approximate surface area is 132 Å². The Morgan fingerprint density at radius 3 is 2.53 bits per heavy atom. The van der Waals surface area contributed by atoms with Crippen LogP contribution in [0.4, 0.5) is 0 Å². The SMILES string of the molecule is CCNC(=NCCc1cccc(OC)n1)NCC.I. The van der Waals surface area contributed by atoms with E-state index >= 15 is 0 Å². The van der Waals surface area contributed by atoms with Gasteiger partial charge in [0, 0.05) is 37.8 Å². The van der Waals surface area contributed by atoms with Crippen LogP contribution < -0.4 is 15.4 Å². The third kappa shape index (κ3) is 7.19. The van der Waals surface area contributed by atoms with Gasteiger partial charge in [-0.3, -0.25) is 4.99 Å². The molecule has 0 aliphatic carbocycles. The normalized spacial score (nSPS) is 9.21. The summed E-state index contributed by atoms with van der Waals surface area (Å²) in [6.07, 6.45) is 0.803. The van der Waals surface area contributed by atoms with Gasteiger partial charge in [0.1, 0.15) is 0 Å². The van der Waals surface area contributed by atoms with Gasteiger partial charge in [0.15, 0.2) is 5.96 Å². The monoisotopic (exact) mass is 378 g/mol. The Bertz CT molecular complexity index is 377. The molecule has 1 aromatic heterocycles. The van der Waals surface area contributed by atoms with Crippen molar-refractivity contribution < 1.29 is 4.74 Å². The number of ether oxygens (including phenoxy) is 1. The summed E-state index contributed by atoms with van der Waals surface area (Å²) in [6.45, 7) is 6.54. The topological polar surface area (TPSA) is 58.5 Å². The number of nitrogens with zero attached hydrogens (tertiary/aromatic N) is 2. The second-order valence-corrected chi connectivity index (χ2v) is 3.71.